The van der Waals surface area contributed by atoms with E-state index in [-0.39, 0.29) is 17.4 Å². The fraction of sp³-hybridized carbons (Fsp3) is 0.207. The predicted octanol–water partition coefficient (Wildman–Crippen LogP) is 5.92. The molecule has 2 atom stereocenters. The van der Waals surface area contributed by atoms with Crippen molar-refractivity contribution in [1.82, 2.24) is 4.98 Å². The van der Waals surface area contributed by atoms with Crippen molar-refractivity contribution in [2.45, 2.75) is 25.5 Å². The van der Waals surface area contributed by atoms with Gasteiger partial charge in [0, 0.05) is 17.0 Å². The van der Waals surface area contributed by atoms with E-state index in [9.17, 15) is 14.7 Å². The lowest BCUT2D eigenvalue weighted by Crippen LogP contribution is -2.29. The maximum atomic E-state index is 13.6. The van der Waals surface area contributed by atoms with Gasteiger partial charge in [0.2, 0.25) is 0 Å². The Hall–Kier alpha value is -4.08. The van der Waals surface area contributed by atoms with Gasteiger partial charge in [0.05, 0.1) is 36.1 Å². The Balaban J connectivity index is 1.55. The molecule has 10 heteroatoms. The summed E-state index contributed by atoms with van der Waals surface area (Å²) in [6.07, 6.45) is 0.695. The molecule has 0 saturated carbocycles. The van der Waals surface area contributed by atoms with Crippen LogP contribution in [0.3, 0.4) is 0 Å². The second-order valence-electron chi connectivity index (χ2n) is 9.35. The molecule has 6 rings (SSSR count). The number of carbonyl (C=O) groups excluding carboxylic acids is 2. The van der Waals surface area contributed by atoms with E-state index < -0.39 is 17.7 Å². The van der Waals surface area contributed by atoms with Crippen LogP contribution in [0.25, 0.3) is 16.0 Å². The van der Waals surface area contributed by atoms with Crippen LogP contribution < -0.4 is 19.1 Å². The molecule has 0 bridgehead atoms. The minimum Gasteiger partial charge on any atom is -0.507 e. The molecule has 3 aromatic carbocycles. The third-order valence-corrected chi connectivity index (χ3v) is 8.14. The minimum atomic E-state index is -0.968. The van der Waals surface area contributed by atoms with E-state index in [2.05, 4.69) is 4.98 Å². The van der Waals surface area contributed by atoms with Crippen LogP contribution >= 0.6 is 22.9 Å². The molecule has 2 aliphatic heterocycles. The summed E-state index contributed by atoms with van der Waals surface area (Å²) in [6, 6.07) is 14.6. The van der Waals surface area contributed by atoms with E-state index >= 15 is 0 Å². The monoisotopic (exact) mass is 562 g/mol. The minimum absolute atomic E-state index is 0.0160. The van der Waals surface area contributed by atoms with Gasteiger partial charge >= 0.3 is 5.91 Å². The van der Waals surface area contributed by atoms with Crippen molar-refractivity contribution >= 4 is 55.7 Å². The van der Waals surface area contributed by atoms with Gasteiger partial charge in [-0.3, -0.25) is 14.5 Å². The lowest BCUT2D eigenvalue weighted by atomic mass is 9.94. The number of carbonyl (C=O) groups is 2. The molecule has 0 aliphatic carbocycles. The summed E-state index contributed by atoms with van der Waals surface area (Å²) in [6.45, 7) is 1.97. The number of aliphatic hydroxyl groups is 1. The van der Waals surface area contributed by atoms with Gasteiger partial charge in [-0.2, -0.15) is 0 Å². The summed E-state index contributed by atoms with van der Waals surface area (Å²) in [4.78, 5) is 33.1. The van der Waals surface area contributed by atoms with Gasteiger partial charge < -0.3 is 19.3 Å². The fourth-order valence-corrected chi connectivity index (χ4v) is 6.35. The number of rotatable bonds is 5. The molecule has 4 aromatic rings. The van der Waals surface area contributed by atoms with Crippen molar-refractivity contribution < 1.29 is 28.9 Å². The largest absolute Gasteiger partial charge is 0.507 e. The summed E-state index contributed by atoms with van der Waals surface area (Å²) in [5.41, 5.74) is 2.48. The molecular formula is C29H23ClN2O6S. The number of aliphatic hydroxyl groups excluding tert-OH is 1. The average molecular weight is 563 g/mol. The van der Waals surface area contributed by atoms with E-state index in [1.165, 1.54) is 30.5 Å². The zero-order valence-electron chi connectivity index (χ0n) is 21.2. The van der Waals surface area contributed by atoms with Crippen LogP contribution in [0.15, 0.2) is 60.2 Å². The third kappa shape index (κ3) is 4.18. The van der Waals surface area contributed by atoms with Crippen LogP contribution in [0.1, 0.15) is 29.7 Å². The Morgan fingerprint density at radius 3 is 2.64 bits per heavy atom. The first-order valence-corrected chi connectivity index (χ1v) is 13.4. The van der Waals surface area contributed by atoms with E-state index in [0.29, 0.717) is 44.7 Å². The number of thiazole rings is 1. The summed E-state index contributed by atoms with van der Waals surface area (Å²) in [7, 11) is 3.03. The number of methoxy groups -OCH3 is 2. The van der Waals surface area contributed by atoms with E-state index in [4.69, 9.17) is 25.8 Å². The van der Waals surface area contributed by atoms with Crippen molar-refractivity contribution in [1.29, 1.82) is 0 Å². The number of hydrogen-bond acceptors (Lipinski definition) is 8. The lowest BCUT2D eigenvalue weighted by molar-refractivity contribution is -0.132. The number of fused-ring (bicyclic) bond motifs is 2. The van der Waals surface area contributed by atoms with Gasteiger partial charge in [0.15, 0.2) is 16.6 Å². The van der Waals surface area contributed by atoms with Crippen LogP contribution in [0.5, 0.6) is 17.2 Å². The Morgan fingerprint density at radius 1 is 1.08 bits per heavy atom. The maximum Gasteiger partial charge on any atom is 0.301 e. The second-order valence-corrected chi connectivity index (χ2v) is 10.8. The van der Waals surface area contributed by atoms with Crippen molar-refractivity contribution in [2.24, 2.45) is 0 Å². The zero-order chi connectivity index (χ0) is 27.4. The van der Waals surface area contributed by atoms with Crippen LogP contribution in [0.4, 0.5) is 5.13 Å². The molecule has 39 heavy (non-hydrogen) atoms. The first-order valence-electron chi connectivity index (χ1n) is 12.2. The van der Waals surface area contributed by atoms with Crippen LogP contribution in [-0.2, 0) is 16.0 Å². The maximum absolute atomic E-state index is 13.6. The number of amides is 1. The second kappa shape index (κ2) is 9.59. The molecule has 1 amide bonds. The Bertz CT molecular complexity index is 1700. The number of hydrogen-bond donors (Lipinski definition) is 1. The van der Waals surface area contributed by atoms with Gasteiger partial charge in [-0.25, -0.2) is 4.98 Å². The highest BCUT2D eigenvalue weighted by Gasteiger charge is 2.48. The highest BCUT2D eigenvalue weighted by atomic mass is 35.5. The number of halogens is 1. The lowest BCUT2D eigenvalue weighted by Gasteiger charge is -2.23. The zero-order valence-corrected chi connectivity index (χ0v) is 22.8. The highest BCUT2D eigenvalue weighted by Crippen LogP contribution is 2.46. The van der Waals surface area contributed by atoms with Gasteiger partial charge in [-0.05, 0) is 66.6 Å². The van der Waals surface area contributed by atoms with Crippen LogP contribution in [0.2, 0.25) is 5.02 Å². The quantitative estimate of drug-likeness (QED) is 0.183. The van der Waals surface area contributed by atoms with Gasteiger partial charge in [0.25, 0.3) is 5.78 Å². The number of Topliss-reactive ketones (excluding diaryl/α,β-unsaturated/α-hetero) is 1. The van der Waals surface area contributed by atoms with E-state index in [0.717, 1.165) is 16.0 Å². The van der Waals surface area contributed by atoms with Gasteiger partial charge in [0.1, 0.15) is 17.6 Å². The van der Waals surface area contributed by atoms with Gasteiger partial charge in [-0.15, -0.1) is 0 Å². The first-order chi connectivity index (χ1) is 18.8. The number of aromatic nitrogens is 1. The van der Waals surface area contributed by atoms with Crippen molar-refractivity contribution in [2.75, 3.05) is 19.1 Å². The molecule has 3 heterocycles. The summed E-state index contributed by atoms with van der Waals surface area (Å²) >= 11 is 7.41. The van der Waals surface area contributed by atoms with Crippen molar-refractivity contribution in [3.05, 3.63) is 81.9 Å². The third-order valence-electron chi connectivity index (χ3n) is 6.88. The Labute approximate surface area is 233 Å². The molecule has 1 saturated heterocycles. The number of ketones is 1. The topological polar surface area (TPSA) is 98.2 Å². The summed E-state index contributed by atoms with van der Waals surface area (Å²) in [5.74, 6) is -0.235. The number of benzene rings is 3. The molecule has 0 radical (unpaired) electrons. The van der Waals surface area contributed by atoms with Crippen LogP contribution in [0, 0.1) is 0 Å². The first kappa shape index (κ1) is 25.2. The smallest absolute Gasteiger partial charge is 0.301 e. The molecule has 198 valence electrons. The SMILES string of the molecule is COc1ccc(C2/C(=C(/O)c3ccc4c(c3)CC(C)O4)C(=O)C(=O)N2c2nc3ccc(Cl)cc3s2)cc1OC. The molecule has 0 spiro atoms. The number of nitrogens with zero attached hydrogens (tertiary/aromatic N) is 2. The van der Waals surface area contributed by atoms with E-state index in [1.807, 2.05) is 6.92 Å². The normalized spacial score (nSPS) is 19.8. The van der Waals surface area contributed by atoms with Gasteiger partial charge in [-0.1, -0.05) is 29.0 Å². The molecule has 1 aromatic heterocycles. The summed E-state index contributed by atoms with van der Waals surface area (Å²) in [5, 5.41) is 12.4. The molecule has 2 aliphatic rings. The summed E-state index contributed by atoms with van der Waals surface area (Å²) < 4.78 is 17.4. The average Bonchev–Trinajstić information content (AvgIpc) is 3.59. The molecule has 1 N–H and O–H groups in total. The van der Waals surface area contributed by atoms with Crippen LogP contribution in [-0.4, -0.2) is 42.1 Å². The Morgan fingerprint density at radius 2 is 1.87 bits per heavy atom. The molecular weight excluding hydrogens is 540 g/mol. The highest BCUT2D eigenvalue weighted by molar-refractivity contribution is 7.22. The van der Waals surface area contributed by atoms with Crippen molar-refractivity contribution in [3.8, 4) is 17.2 Å². The molecule has 8 nitrogen and oxygen atoms in total. The Kier molecular flexibility index (Phi) is 6.20. The number of anilines is 1. The van der Waals surface area contributed by atoms with Crippen molar-refractivity contribution in [3.63, 3.8) is 0 Å². The molecule has 2 unspecified atom stereocenters. The number of ether oxygens (including phenoxy) is 3. The van der Waals surface area contributed by atoms with E-state index in [1.54, 1.807) is 54.6 Å². The molecule has 1 fully saturated rings. The predicted molar refractivity (Wildman–Crippen MR) is 149 cm³/mol. The fourth-order valence-electron chi connectivity index (χ4n) is 5.08. The standard InChI is InChI=1S/C29H23ClN2O6S/c1-14-10-17-11-16(5-8-20(17)38-14)26(33)24-25(15-4-9-21(36-2)22(12-15)37-3)32(28(35)27(24)34)29-31-19-7-6-18(30)13-23(19)39-29/h4-9,11-14,25,33H,10H2,1-3H3/b26-24-.